The molecule has 2 heterocycles. The summed E-state index contributed by atoms with van der Waals surface area (Å²) in [6.45, 7) is 0. The zero-order chi connectivity index (χ0) is 23.9. The Morgan fingerprint density at radius 1 is 1.06 bits per heavy atom. The molecule has 0 radical (unpaired) electrons. The number of aromatic nitrogens is 1. The molecule has 1 aliphatic heterocycles. The molecule has 2 aliphatic rings. The molecule has 34 heavy (non-hydrogen) atoms. The number of hydrogen-bond acceptors (Lipinski definition) is 9. The third kappa shape index (κ3) is 4.17. The number of para-hydroxylation sites is 1. The lowest BCUT2D eigenvalue weighted by Crippen LogP contribution is -2.58. The van der Waals surface area contributed by atoms with Crippen molar-refractivity contribution in [1.29, 1.82) is 0 Å². The van der Waals surface area contributed by atoms with Crippen molar-refractivity contribution in [2.45, 2.75) is 42.7 Å². The SMILES string of the molecule is NC1=NC2(CCCCC2)N(c2ccc(C=Cc3nc4ccccc4s3)c(S(=O)(=O)O)c2)C(N)=N1. The number of nitrogens with two attached hydrogens (primary N) is 2. The van der Waals surface area contributed by atoms with Gasteiger partial charge in [0.1, 0.15) is 15.6 Å². The van der Waals surface area contributed by atoms with Gasteiger partial charge in [-0.25, -0.2) is 9.98 Å². The molecule has 11 heteroatoms. The predicted octanol–water partition coefficient (Wildman–Crippen LogP) is 3.82. The Balaban J connectivity index is 1.56. The van der Waals surface area contributed by atoms with Gasteiger partial charge in [-0.1, -0.05) is 30.7 Å². The maximum atomic E-state index is 12.3. The maximum absolute atomic E-state index is 12.3. The highest BCUT2D eigenvalue weighted by Crippen LogP contribution is 2.40. The van der Waals surface area contributed by atoms with E-state index in [0.29, 0.717) is 24.1 Å². The molecule has 2 aromatic carbocycles. The Morgan fingerprint density at radius 2 is 1.82 bits per heavy atom. The quantitative estimate of drug-likeness (QED) is 0.465. The van der Waals surface area contributed by atoms with Gasteiger partial charge in [0.25, 0.3) is 10.1 Å². The Kier molecular flexibility index (Phi) is 5.62. The highest BCUT2D eigenvalue weighted by atomic mass is 32.2. The molecule has 1 saturated carbocycles. The Labute approximate surface area is 201 Å². The Morgan fingerprint density at radius 3 is 2.56 bits per heavy atom. The third-order valence-corrected chi connectivity index (χ3v) is 8.01. The van der Waals surface area contributed by atoms with Gasteiger partial charge in [0.15, 0.2) is 0 Å². The molecule has 9 nitrogen and oxygen atoms in total. The first-order valence-electron chi connectivity index (χ1n) is 10.9. The van der Waals surface area contributed by atoms with Crippen LogP contribution >= 0.6 is 11.3 Å². The summed E-state index contributed by atoms with van der Waals surface area (Å²) in [4.78, 5) is 14.8. The second-order valence-corrected chi connectivity index (χ2v) is 10.8. The number of rotatable bonds is 4. The molecule has 1 aromatic heterocycles. The zero-order valence-corrected chi connectivity index (χ0v) is 19.9. The first-order chi connectivity index (χ1) is 16.2. The van der Waals surface area contributed by atoms with E-state index in [1.54, 1.807) is 29.2 Å². The van der Waals surface area contributed by atoms with E-state index in [-0.39, 0.29) is 16.8 Å². The van der Waals surface area contributed by atoms with E-state index in [4.69, 9.17) is 11.5 Å². The number of thiazole rings is 1. The molecule has 0 saturated heterocycles. The minimum Gasteiger partial charge on any atom is -0.369 e. The second-order valence-electron chi connectivity index (χ2n) is 8.37. The summed E-state index contributed by atoms with van der Waals surface area (Å²) in [5, 5.41) is 0.727. The van der Waals surface area contributed by atoms with Gasteiger partial charge in [-0.05, 0) is 61.6 Å². The summed E-state index contributed by atoms with van der Waals surface area (Å²) in [7, 11) is -4.53. The number of guanidine groups is 2. The van der Waals surface area contributed by atoms with Crippen molar-refractivity contribution in [3.05, 3.63) is 53.0 Å². The van der Waals surface area contributed by atoms with Crippen molar-refractivity contribution in [2.24, 2.45) is 21.5 Å². The van der Waals surface area contributed by atoms with Crippen molar-refractivity contribution in [1.82, 2.24) is 4.98 Å². The van der Waals surface area contributed by atoms with Crippen LogP contribution in [0.2, 0.25) is 0 Å². The van der Waals surface area contributed by atoms with Crippen molar-refractivity contribution in [2.75, 3.05) is 4.90 Å². The molecule has 176 valence electrons. The number of hydrogen-bond donors (Lipinski definition) is 3. The lowest BCUT2D eigenvalue weighted by Gasteiger charge is -2.45. The summed E-state index contributed by atoms with van der Waals surface area (Å²) in [5.74, 6) is 0.259. The van der Waals surface area contributed by atoms with Crippen LogP contribution in [0.1, 0.15) is 42.7 Å². The molecule has 1 spiro atoms. The monoisotopic (exact) mass is 496 g/mol. The third-order valence-electron chi connectivity index (χ3n) is 6.10. The second kappa shape index (κ2) is 8.49. The van der Waals surface area contributed by atoms with Gasteiger partial charge in [0.05, 0.1) is 10.2 Å². The molecule has 0 bridgehead atoms. The number of aliphatic imine (C=N–C) groups is 2. The summed E-state index contributed by atoms with van der Waals surface area (Å²) >= 11 is 1.49. The van der Waals surface area contributed by atoms with Crippen LogP contribution in [-0.2, 0) is 10.1 Å². The number of nitrogens with zero attached hydrogens (tertiary/aromatic N) is 4. The van der Waals surface area contributed by atoms with Gasteiger partial charge in [0.2, 0.25) is 11.9 Å². The van der Waals surface area contributed by atoms with Crippen molar-refractivity contribution in [3.63, 3.8) is 0 Å². The van der Waals surface area contributed by atoms with Crippen molar-refractivity contribution >= 4 is 61.4 Å². The number of anilines is 1. The van der Waals surface area contributed by atoms with Crippen LogP contribution < -0.4 is 16.4 Å². The summed E-state index contributed by atoms with van der Waals surface area (Å²) in [6.07, 6.45) is 7.75. The highest BCUT2D eigenvalue weighted by molar-refractivity contribution is 7.86. The van der Waals surface area contributed by atoms with Crippen molar-refractivity contribution < 1.29 is 13.0 Å². The van der Waals surface area contributed by atoms with E-state index < -0.39 is 15.8 Å². The van der Waals surface area contributed by atoms with Crippen LogP contribution in [-0.4, -0.2) is 35.5 Å². The standard InChI is InChI=1S/C23H24N6O3S2/c24-21-27-22(25)29(23(28-21)12-4-1-5-13-23)16-10-8-15(19(14-16)34(30,31)32)9-11-20-26-17-6-2-3-7-18(17)33-20/h2-3,6-11,14H,1,4-5,12-13H2,(H,30,31,32)(H4,24,25,27,28). The molecule has 5 rings (SSSR count). The molecular weight excluding hydrogens is 472 g/mol. The fourth-order valence-corrected chi connectivity index (χ4v) is 6.21. The minimum absolute atomic E-state index is 0.112. The van der Waals surface area contributed by atoms with Crippen LogP contribution in [0, 0.1) is 0 Å². The number of fused-ring (bicyclic) bond motifs is 1. The molecule has 5 N–H and O–H groups in total. The maximum Gasteiger partial charge on any atom is 0.295 e. The molecule has 1 fully saturated rings. The van der Waals surface area contributed by atoms with Gasteiger partial charge in [-0.15, -0.1) is 11.3 Å². The smallest absolute Gasteiger partial charge is 0.295 e. The lowest BCUT2D eigenvalue weighted by molar-refractivity contribution is 0.305. The average Bonchev–Trinajstić information content (AvgIpc) is 3.20. The minimum atomic E-state index is -4.53. The van der Waals surface area contributed by atoms with Gasteiger partial charge in [0, 0.05) is 5.69 Å². The molecule has 3 aromatic rings. The van der Waals surface area contributed by atoms with Crippen LogP contribution in [0.3, 0.4) is 0 Å². The van der Waals surface area contributed by atoms with E-state index in [9.17, 15) is 13.0 Å². The van der Waals surface area contributed by atoms with Crippen LogP contribution in [0.4, 0.5) is 5.69 Å². The normalized spacial score (nSPS) is 18.4. The largest absolute Gasteiger partial charge is 0.369 e. The van der Waals surface area contributed by atoms with Gasteiger partial charge >= 0.3 is 0 Å². The summed E-state index contributed by atoms with van der Waals surface area (Å²) in [5.41, 5.74) is 13.1. The van der Waals surface area contributed by atoms with E-state index in [1.165, 1.54) is 17.4 Å². The Hall–Kier alpha value is -3.28. The fourth-order valence-electron chi connectivity index (χ4n) is 4.64. The van der Waals surface area contributed by atoms with Gasteiger partial charge < -0.3 is 11.5 Å². The van der Waals surface area contributed by atoms with E-state index >= 15 is 0 Å². The zero-order valence-electron chi connectivity index (χ0n) is 18.3. The molecule has 1 aliphatic carbocycles. The molecular formula is C23H24N6O3S2. The van der Waals surface area contributed by atoms with Crippen LogP contribution in [0.15, 0.2) is 57.3 Å². The summed E-state index contributed by atoms with van der Waals surface area (Å²) in [6, 6.07) is 12.5. The molecule has 0 amide bonds. The topological polar surface area (TPSA) is 147 Å². The van der Waals surface area contributed by atoms with E-state index in [2.05, 4.69) is 15.0 Å². The Bertz CT molecular complexity index is 1420. The highest BCUT2D eigenvalue weighted by Gasteiger charge is 2.42. The first-order valence-corrected chi connectivity index (χ1v) is 13.2. The van der Waals surface area contributed by atoms with E-state index in [0.717, 1.165) is 34.5 Å². The van der Waals surface area contributed by atoms with Crippen LogP contribution in [0.5, 0.6) is 0 Å². The van der Waals surface area contributed by atoms with Gasteiger partial charge in [-0.3, -0.25) is 9.45 Å². The predicted molar refractivity (Wildman–Crippen MR) is 136 cm³/mol. The average molecular weight is 497 g/mol. The molecule has 0 unspecified atom stereocenters. The van der Waals surface area contributed by atoms with Crippen LogP contribution in [0.25, 0.3) is 22.4 Å². The first kappa shape index (κ1) is 22.5. The number of benzene rings is 2. The van der Waals surface area contributed by atoms with Crippen molar-refractivity contribution in [3.8, 4) is 0 Å². The summed E-state index contributed by atoms with van der Waals surface area (Å²) < 4.78 is 35.7. The fraction of sp³-hybridized carbons (Fsp3) is 0.261. The molecule has 0 atom stereocenters. The van der Waals surface area contributed by atoms with E-state index in [1.807, 2.05) is 24.3 Å². The lowest BCUT2D eigenvalue weighted by atomic mass is 9.87. The van der Waals surface area contributed by atoms with Gasteiger partial charge in [-0.2, -0.15) is 13.4 Å².